The van der Waals surface area contributed by atoms with Crippen molar-refractivity contribution in [2.24, 2.45) is 5.10 Å². The van der Waals surface area contributed by atoms with Crippen LogP contribution in [0.25, 0.3) is 0 Å². The van der Waals surface area contributed by atoms with E-state index >= 15 is 0 Å². The van der Waals surface area contributed by atoms with Gasteiger partial charge in [-0.05, 0) is 48.0 Å². The minimum absolute atomic E-state index is 0.0997. The molecule has 2 amide bonds. The summed E-state index contributed by atoms with van der Waals surface area (Å²) in [6, 6.07) is 10.2. The van der Waals surface area contributed by atoms with Gasteiger partial charge in [0.15, 0.2) is 18.1 Å². The van der Waals surface area contributed by atoms with Gasteiger partial charge in [-0.15, -0.1) is 0 Å². The van der Waals surface area contributed by atoms with Crippen LogP contribution in [0.1, 0.15) is 15.9 Å². The van der Waals surface area contributed by atoms with E-state index < -0.39 is 11.7 Å². The fourth-order valence-electron chi connectivity index (χ4n) is 2.76. The van der Waals surface area contributed by atoms with E-state index in [-0.39, 0.29) is 12.5 Å². The zero-order chi connectivity index (χ0) is 21.3. The van der Waals surface area contributed by atoms with Crippen LogP contribution in [0.3, 0.4) is 0 Å². The van der Waals surface area contributed by atoms with E-state index in [0.717, 1.165) is 0 Å². The van der Waals surface area contributed by atoms with E-state index in [0.29, 0.717) is 48.9 Å². The number of rotatable bonds is 7. The summed E-state index contributed by atoms with van der Waals surface area (Å²) in [5.74, 6) is -0.143. The molecule has 9 heteroatoms. The highest BCUT2D eigenvalue weighted by atomic mass is 19.1. The molecule has 2 aromatic rings. The second kappa shape index (κ2) is 10.4. The second-order valence-electron chi connectivity index (χ2n) is 6.40. The first-order valence-electron chi connectivity index (χ1n) is 9.32. The third kappa shape index (κ3) is 5.77. The zero-order valence-electron chi connectivity index (χ0n) is 16.5. The van der Waals surface area contributed by atoms with Gasteiger partial charge in [0.2, 0.25) is 0 Å². The molecule has 1 fully saturated rings. The van der Waals surface area contributed by atoms with Crippen molar-refractivity contribution in [3.63, 3.8) is 0 Å². The number of ether oxygens (including phenoxy) is 3. The van der Waals surface area contributed by atoms with Crippen LogP contribution in [0, 0.1) is 5.82 Å². The quantitative estimate of drug-likeness (QED) is 0.551. The maximum Gasteiger partial charge on any atom is 0.271 e. The van der Waals surface area contributed by atoms with Gasteiger partial charge in [-0.2, -0.15) is 5.10 Å². The standard InChI is InChI=1S/C21H22FN3O5/c1-28-19-12-15(13-23-24-21(27)16-3-5-17(22)6-4-16)2-7-18(19)30-14-20(26)25-8-10-29-11-9-25/h2-7,12-13H,8-11,14H2,1H3,(H,24,27)/b23-13+. The van der Waals surface area contributed by atoms with Crippen molar-refractivity contribution in [3.05, 3.63) is 59.4 Å². The SMILES string of the molecule is COc1cc(/C=N/NC(=O)c2ccc(F)cc2)ccc1OCC(=O)N1CCOCC1. The van der Waals surface area contributed by atoms with Gasteiger partial charge in [-0.1, -0.05) is 0 Å². The Bertz CT molecular complexity index is 911. The molecule has 1 aliphatic heterocycles. The van der Waals surface area contributed by atoms with Gasteiger partial charge in [0.1, 0.15) is 5.82 Å². The largest absolute Gasteiger partial charge is 0.493 e. The van der Waals surface area contributed by atoms with Crippen molar-refractivity contribution in [1.82, 2.24) is 10.3 Å². The van der Waals surface area contributed by atoms with Crippen LogP contribution in [-0.4, -0.2) is 62.9 Å². The van der Waals surface area contributed by atoms with Crippen molar-refractivity contribution >= 4 is 18.0 Å². The van der Waals surface area contributed by atoms with Gasteiger partial charge in [-0.25, -0.2) is 9.82 Å². The lowest BCUT2D eigenvalue weighted by Gasteiger charge is -2.26. The normalized spacial score (nSPS) is 13.9. The highest BCUT2D eigenvalue weighted by Crippen LogP contribution is 2.27. The van der Waals surface area contributed by atoms with Crippen LogP contribution in [0.2, 0.25) is 0 Å². The number of nitrogens with one attached hydrogen (secondary N) is 1. The number of morpholine rings is 1. The van der Waals surface area contributed by atoms with Crippen LogP contribution in [0.15, 0.2) is 47.6 Å². The Kier molecular flexibility index (Phi) is 7.34. The van der Waals surface area contributed by atoms with Crippen molar-refractivity contribution in [2.75, 3.05) is 40.0 Å². The summed E-state index contributed by atoms with van der Waals surface area (Å²) in [7, 11) is 1.49. The number of halogens is 1. The average molecular weight is 415 g/mol. The van der Waals surface area contributed by atoms with E-state index in [9.17, 15) is 14.0 Å². The van der Waals surface area contributed by atoms with E-state index in [1.807, 2.05) is 0 Å². The summed E-state index contributed by atoms with van der Waals surface area (Å²) in [6.45, 7) is 2.07. The summed E-state index contributed by atoms with van der Waals surface area (Å²) in [5, 5.41) is 3.89. The number of benzene rings is 2. The number of carbonyl (C=O) groups is 2. The van der Waals surface area contributed by atoms with Crippen LogP contribution in [-0.2, 0) is 9.53 Å². The van der Waals surface area contributed by atoms with Crippen LogP contribution in [0.4, 0.5) is 4.39 Å². The fourth-order valence-corrected chi connectivity index (χ4v) is 2.76. The number of carbonyl (C=O) groups excluding carboxylic acids is 2. The van der Waals surface area contributed by atoms with Gasteiger partial charge < -0.3 is 19.1 Å². The second-order valence-corrected chi connectivity index (χ2v) is 6.40. The topological polar surface area (TPSA) is 89.5 Å². The molecule has 0 aliphatic carbocycles. The van der Waals surface area contributed by atoms with Crippen molar-refractivity contribution < 1.29 is 28.2 Å². The molecule has 1 aliphatic rings. The number of hydrazone groups is 1. The molecule has 0 radical (unpaired) electrons. The monoisotopic (exact) mass is 415 g/mol. The predicted molar refractivity (Wildman–Crippen MR) is 107 cm³/mol. The molecule has 0 aromatic heterocycles. The molecule has 0 bridgehead atoms. The highest BCUT2D eigenvalue weighted by molar-refractivity contribution is 5.94. The molecular weight excluding hydrogens is 393 g/mol. The van der Waals surface area contributed by atoms with E-state index in [1.165, 1.54) is 37.6 Å². The summed E-state index contributed by atoms with van der Waals surface area (Å²) in [5.41, 5.74) is 3.31. The summed E-state index contributed by atoms with van der Waals surface area (Å²) in [6.07, 6.45) is 1.44. The summed E-state index contributed by atoms with van der Waals surface area (Å²) >= 11 is 0. The Hall–Kier alpha value is -3.46. The molecule has 0 atom stereocenters. The van der Waals surface area contributed by atoms with Gasteiger partial charge >= 0.3 is 0 Å². The van der Waals surface area contributed by atoms with Gasteiger partial charge in [0, 0.05) is 18.7 Å². The minimum atomic E-state index is -0.459. The zero-order valence-corrected chi connectivity index (χ0v) is 16.5. The molecule has 8 nitrogen and oxygen atoms in total. The Labute approximate surface area is 173 Å². The molecule has 1 N–H and O–H groups in total. The molecule has 2 aromatic carbocycles. The summed E-state index contributed by atoms with van der Waals surface area (Å²) in [4.78, 5) is 25.9. The van der Waals surface area contributed by atoms with Gasteiger partial charge in [0.25, 0.3) is 11.8 Å². The third-order valence-electron chi connectivity index (χ3n) is 4.39. The van der Waals surface area contributed by atoms with Crippen LogP contribution >= 0.6 is 0 Å². The molecule has 3 rings (SSSR count). The Morgan fingerprint density at radius 3 is 2.60 bits per heavy atom. The summed E-state index contributed by atoms with van der Waals surface area (Å²) < 4.78 is 29.1. The first-order chi connectivity index (χ1) is 14.6. The van der Waals surface area contributed by atoms with E-state index in [4.69, 9.17) is 14.2 Å². The maximum absolute atomic E-state index is 12.9. The smallest absolute Gasteiger partial charge is 0.271 e. The molecule has 1 heterocycles. The van der Waals surface area contributed by atoms with Gasteiger partial charge in [0.05, 0.1) is 26.5 Å². The van der Waals surface area contributed by atoms with E-state index in [1.54, 1.807) is 23.1 Å². The average Bonchev–Trinajstić information content (AvgIpc) is 2.78. The molecule has 158 valence electrons. The predicted octanol–water partition coefficient (Wildman–Crippen LogP) is 1.84. The minimum Gasteiger partial charge on any atom is -0.493 e. The highest BCUT2D eigenvalue weighted by Gasteiger charge is 2.18. The number of nitrogens with zero attached hydrogens (tertiary/aromatic N) is 2. The molecule has 30 heavy (non-hydrogen) atoms. The molecule has 1 saturated heterocycles. The first-order valence-corrected chi connectivity index (χ1v) is 9.32. The molecule has 0 unspecified atom stereocenters. The molecular formula is C21H22FN3O5. The first kappa shape index (κ1) is 21.3. The van der Waals surface area contributed by atoms with Gasteiger partial charge in [-0.3, -0.25) is 9.59 Å². The lowest BCUT2D eigenvalue weighted by atomic mass is 10.2. The van der Waals surface area contributed by atoms with Crippen LogP contribution < -0.4 is 14.9 Å². The Morgan fingerprint density at radius 2 is 1.90 bits per heavy atom. The number of methoxy groups -OCH3 is 1. The molecule has 0 spiro atoms. The maximum atomic E-state index is 12.9. The van der Waals surface area contributed by atoms with E-state index in [2.05, 4.69) is 10.5 Å². The molecule has 0 saturated carbocycles. The third-order valence-corrected chi connectivity index (χ3v) is 4.39. The van der Waals surface area contributed by atoms with Crippen LogP contribution in [0.5, 0.6) is 11.5 Å². The lowest BCUT2D eigenvalue weighted by Crippen LogP contribution is -2.43. The lowest BCUT2D eigenvalue weighted by molar-refractivity contribution is -0.137. The van der Waals surface area contributed by atoms with Crippen molar-refractivity contribution in [3.8, 4) is 11.5 Å². The van der Waals surface area contributed by atoms with Crippen molar-refractivity contribution in [2.45, 2.75) is 0 Å². The number of hydrogen-bond acceptors (Lipinski definition) is 6. The number of hydrogen-bond donors (Lipinski definition) is 1. The number of amides is 2. The Balaban J connectivity index is 1.56. The van der Waals surface area contributed by atoms with Crippen molar-refractivity contribution in [1.29, 1.82) is 0 Å². The Morgan fingerprint density at radius 1 is 1.17 bits per heavy atom. The fraction of sp³-hybridized carbons (Fsp3) is 0.286.